The quantitative estimate of drug-likeness (QED) is 0.862. The number of nitrogens with one attached hydrogen (secondary N) is 1. The number of benzene rings is 2. The van der Waals surface area contributed by atoms with Crippen LogP contribution in [0.2, 0.25) is 0 Å². The second-order valence-electron chi connectivity index (χ2n) is 5.24. The van der Waals surface area contributed by atoms with E-state index in [1.165, 1.54) is 17.7 Å². The SMILES string of the molecule is C[C@H](CNC(=O)CCc1ccc(F)cc1)c1ccccc1. The van der Waals surface area contributed by atoms with Crippen molar-refractivity contribution >= 4 is 5.91 Å². The molecule has 0 aliphatic heterocycles. The predicted molar refractivity (Wildman–Crippen MR) is 82.6 cm³/mol. The van der Waals surface area contributed by atoms with Crippen LogP contribution in [0, 0.1) is 5.82 Å². The molecule has 1 atom stereocenters. The highest BCUT2D eigenvalue weighted by atomic mass is 19.1. The Morgan fingerprint density at radius 2 is 1.76 bits per heavy atom. The Labute approximate surface area is 125 Å². The van der Waals surface area contributed by atoms with Crippen LogP contribution in [0.4, 0.5) is 4.39 Å². The smallest absolute Gasteiger partial charge is 0.220 e. The van der Waals surface area contributed by atoms with Crippen LogP contribution in [-0.4, -0.2) is 12.5 Å². The van der Waals surface area contributed by atoms with Crippen LogP contribution >= 0.6 is 0 Å². The normalized spacial score (nSPS) is 11.9. The molecule has 2 aromatic rings. The Morgan fingerprint density at radius 3 is 2.43 bits per heavy atom. The molecule has 0 bridgehead atoms. The molecule has 0 aromatic heterocycles. The van der Waals surface area contributed by atoms with Gasteiger partial charge < -0.3 is 5.32 Å². The van der Waals surface area contributed by atoms with Crippen LogP contribution < -0.4 is 5.32 Å². The summed E-state index contributed by atoms with van der Waals surface area (Å²) in [5, 5.41) is 2.95. The highest BCUT2D eigenvalue weighted by molar-refractivity contribution is 5.76. The van der Waals surface area contributed by atoms with E-state index < -0.39 is 0 Å². The molecule has 3 heteroatoms. The number of rotatable bonds is 6. The van der Waals surface area contributed by atoms with E-state index in [4.69, 9.17) is 0 Å². The van der Waals surface area contributed by atoms with Gasteiger partial charge in [0.25, 0.3) is 0 Å². The van der Waals surface area contributed by atoms with Crippen LogP contribution in [0.5, 0.6) is 0 Å². The van der Waals surface area contributed by atoms with Gasteiger partial charge in [-0.2, -0.15) is 0 Å². The minimum Gasteiger partial charge on any atom is -0.355 e. The van der Waals surface area contributed by atoms with E-state index in [-0.39, 0.29) is 11.7 Å². The van der Waals surface area contributed by atoms with Gasteiger partial charge >= 0.3 is 0 Å². The van der Waals surface area contributed by atoms with E-state index in [2.05, 4.69) is 24.4 Å². The maximum atomic E-state index is 12.8. The lowest BCUT2D eigenvalue weighted by atomic mass is 10.0. The van der Waals surface area contributed by atoms with Crippen molar-refractivity contribution in [2.24, 2.45) is 0 Å². The molecule has 0 aliphatic rings. The van der Waals surface area contributed by atoms with Crippen molar-refractivity contribution in [1.82, 2.24) is 5.32 Å². The average Bonchev–Trinajstić information content (AvgIpc) is 2.53. The lowest BCUT2D eigenvalue weighted by Gasteiger charge is -2.13. The number of carbonyl (C=O) groups excluding carboxylic acids is 1. The first-order chi connectivity index (χ1) is 10.1. The van der Waals surface area contributed by atoms with Gasteiger partial charge in [0.1, 0.15) is 5.82 Å². The van der Waals surface area contributed by atoms with Gasteiger partial charge in [-0.1, -0.05) is 49.4 Å². The van der Waals surface area contributed by atoms with Crippen LogP contribution in [0.3, 0.4) is 0 Å². The molecule has 0 saturated carbocycles. The predicted octanol–water partition coefficient (Wildman–Crippen LogP) is 3.68. The van der Waals surface area contributed by atoms with Crippen molar-refractivity contribution in [3.63, 3.8) is 0 Å². The van der Waals surface area contributed by atoms with Gasteiger partial charge in [0.2, 0.25) is 5.91 Å². The fraction of sp³-hybridized carbons (Fsp3) is 0.278. The number of hydrogen-bond acceptors (Lipinski definition) is 1. The van der Waals surface area contributed by atoms with Gasteiger partial charge in [0.05, 0.1) is 0 Å². The fourth-order valence-electron chi connectivity index (χ4n) is 2.16. The van der Waals surface area contributed by atoms with Crippen molar-refractivity contribution in [3.05, 3.63) is 71.5 Å². The van der Waals surface area contributed by atoms with Crippen molar-refractivity contribution in [3.8, 4) is 0 Å². The van der Waals surface area contributed by atoms with Crippen LogP contribution in [0.25, 0.3) is 0 Å². The number of aryl methyl sites for hydroxylation is 1. The molecule has 2 aromatic carbocycles. The summed E-state index contributed by atoms with van der Waals surface area (Å²) in [6, 6.07) is 16.4. The lowest BCUT2D eigenvalue weighted by Crippen LogP contribution is -2.27. The highest BCUT2D eigenvalue weighted by Gasteiger charge is 2.07. The second kappa shape index (κ2) is 7.58. The van der Waals surface area contributed by atoms with Crippen LogP contribution in [0.1, 0.15) is 30.4 Å². The summed E-state index contributed by atoms with van der Waals surface area (Å²) in [5.74, 6) is 0.0722. The third kappa shape index (κ3) is 5.03. The zero-order chi connectivity index (χ0) is 15.1. The van der Waals surface area contributed by atoms with Gasteiger partial charge in [0.15, 0.2) is 0 Å². The van der Waals surface area contributed by atoms with Gasteiger partial charge in [-0.25, -0.2) is 4.39 Å². The lowest BCUT2D eigenvalue weighted by molar-refractivity contribution is -0.121. The summed E-state index contributed by atoms with van der Waals surface area (Å²) in [7, 11) is 0. The largest absolute Gasteiger partial charge is 0.355 e. The molecular formula is C18H20FNO. The van der Waals surface area contributed by atoms with E-state index in [9.17, 15) is 9.18 Å². The summed E-state index contributed by atoms with van der Waals surface area (Å²) >= 11 is 0. The third-order valence-electron chi connectivity index (χ3n) is 3.53. The second-order valence-corrected chi connectivity index (χ2v) is 5.24. The highest BCUT2D eigenvalue weighted by Crippen LogP contribution is 2.13. The van der Waals surface area contributed by atoms with Crippen LogP contribution in [-0.2, 0) is 11.2 Å². The van der Waals surface area contributed by atoms with Gasteiger partial charge in [-0.15, -0.1) is 0 Å². The maximum absolute atomic E-state index is 12.8. The summed E-state index contributed by atoms with van der Waals surface area (Å²) in [4.78, 5) is 11.8. The van der Waals surface area contributed by atoms with Crippen LogP contribution in [0.15, 0.2) is 54.6 Å². The molecule has 0 radical (unpaired) electrons. The Kier molecular flexibility index (Phi) is 5.50. The summed E-state index contributed by atoms with van der Waals surface area (Å²) in [6.45, 7) is 2.72. The number of hydrogen-bond donors (Lipinski definition) is 1. The van der Waals surface area contributed by atoms with E-state index >= 15 is 0 Å². The first-order valence-electron chi connectivity index (χ1n) is 7.21. The number of amides is 1. The fourth-order valence-corrected chi connectivity index (χ4v) is 2.16. The standard InChI is InChI=1S/C18H20FNO/c1-14(16-5-3-2-4-6-16)13-20-18(21)12-9-15-7-10-17(19)11-8-15/h2-8,10-11,14H,9,12-13H2,1H3,(H,20,21)/t14-/m1/s1. The van der Waals surface area contributed by atoms with Gasteiger partial charge in [-0.3, -0.25) is 4.79 Å². The molecule has 1 N–H and O–H groups in total. The van der Waals surface area contributed by atoms with Gasteiger partial charge in [-0.05, 0) is 35.6 Å². The molecule has 0 spiro atoms. The Balaban J connectivity index is 1.73. The van der Waals surface area contributed by atoms with Crippen molar-refractivity contribution in [2.45, 2.75) is 25.7 Å². The monoisotopic (exact) mass is 285 g/mol. The van der Waals surface area contributed by atoms with Crippen molar-refractivity contribution in [2.75, 3.05) is 6.54 Å². The molecule has 0 aliphatic carbocycles. The average molecular weight is 285 g/mol. The zero-order valence-corrected chi connectivity index (χ0v) is 12.2. The molecule has 2 nitrogen and oxygen atoms in total. The molecule has 0 saturated heterocycles. The minimum absolute atomic E-state index is 0.0297. The first-order valence-corrected chi connectivity index (χ1v) is 7.21. The Hall–Kier alpha value is -2.16. The number of halogens is 1. The molecule has 21 heavy (non-hydrogen) atoms. The topological polar surface area (TPSA) is 29.1 Å². The number of carbonyl (C=O) groups is 1. The van der Waals surface area contributed by atoms with E-state index in [0.717, 1.165) is 5.56 Å². The Morgan fingerprint density at radius 1 is 1.10 bits per heavy atom. The minimum atomic E-state index is -0.250. The van der Waals surface area contributed by atoms with Crippen molar-refractivity contribution < 1.29 is 9.18 Å². The molecule has 110 valence electrons. The maximum Gasteiger partial charge on any atom is 0.220 e. The summed E-state index contributed by atoms with van der Waals surface area (Å²) < 4.78 is 12.8. The van der Waals surface area contributed by atoms with E-state index in [0.29, 0.717) is 25.3 Å². The van der Waals surface area contributed by atoms with Crippen molar-refractivity contribution in [1.29, 1.82) is 0 Å². The third-order valence-corrected chi connectivity index (χ3v) is 3.53. The molecule has 0 unspecified atom stereocenters. The molecule has 1 amide bonds. The molecule has 0 heterocycles. The van der Waals surface area contributed by atoms with E-state index in [1.807, 2.05) is 18.2 Å². The molecule has 2 rings (SSSR count). The summed E-state index contributed by atoms with van der Waals surface area (Å²) in [5.41, 5.74) is 2.19. The van der Waals surface area contributed by atoms with E-state index in [1.54, 1.807) is 12.1 Å². The zero-order valence-electron chi connectivity index (χ0n) is 12.2. The van der Waals surface area contributed by atoms with Gasteiger partial charge in [0, 0.05) is 13.0 Å². The molecular weight excluding hydrogens is 265 g/mol. The first kappa shape index (κ1) is 15.2. The Bertz CT molecular complexity index is 566. The summed E-state index contributed by atoms with van der Waals surface area (Å²) in [6.07, 6.45) is 1.05. The molecule has 0 fully saturated rings.